The van der Waals surface area contributed by atoms with Crippen molar-refractivity contribution in [3.63, 3.8) is 0 Å². The second-order valence-electron chi connectivity index (χ2n) is 7.90. The molecule has 5 aromatic rings. The van der Waals surface area contributed by atoms with Crippen LogP contribution in [-0.4, -0.2) is 39.2 Å². The Labute approximate surface area is 201 Å². The summed E-state index contributed by atoms with van der Waals surface area (Å²) in [4.78, 5) is 23.5. The van der Waals surface area contributed by atoms with Crippen molar-refractivity contribution in [3.8, 4) is 0 Å². The van der Waals surface area contributed by atoms with Gasteiger partial charge in [-0.2, -0.15) is 5.10 Å². The van der Waals surface area contributed by atoms with Crippen molar-refractivity contribution in [2.45, 2.75) is 13.8 Å². The smallest absolute Gasteiger partial charge is 0.257 e. The number of hydrogen-bond donors (Lipinski definition) is 4. The second kappa shape index (κ2) is 9.07. The molecule has 0 spiro atoms. The summed E-state index contributed by atoms with van der Waals surface area (Å²) in [5.74, 6) is 0.402. The van der Waals surface area contributed by atoms with Crippen molar-refractivity contribution in [2.24, 2.45) is 0 Å². The number of benzene rings is 3. The highest BCUT2D eigenvalue weighted by Gasteiger charge is 2.19. The molecule has 0 aliphatic carbocycles. The normalized spacial score (nSPS) is 11.1. The van der Waals surface area contributed by atoms with Crippen molar-refractivity contribution >= 4 is 62.5 Å². The zero-order chi connectivity index (χ0) is 23.7. The molecule has 1 amide bonds. The van der Waals surface area contributed by atoms with Gasteiger partial charge < -0.3 is 20.5 Å². The largest absolute Gasteiger partial charge is 0.371 e. The van der Waals surface area contributed by atoms with Gasteiger partial charge in [-0.3, -0.25) is 9.89 Å². The lowest BCUT2D eigenvalue weighted by molar-refractivity contribution is 0.102. The number of carbonyl (C=O) groups excluding carboxylic acids is 1. The summed E-state index contributed by atoms with van der Waals surface area (Å²) in [6, 6.07) is 16.9. The first kappa shape index (κ1) is 21.8. The van der Waals surface area contributed by atoms with Gasteiger partial charge in [0.2, 0.25) is 5.95 Å². The number of rotatable bonds is 7. The third-order valence-corrected chi connectivity index (χ3v) is 6.01. The van der Waals surface area contributed by atoms with Crippen LogP contribution in [0, 0.1) is 0 Å². The van der Waals surface area contributed by atoms with E-state index in [2.05, 4.69) is 49.5 Å². The number of aromatic nitrogens is 4. The Morgan fingerprint density at radius 1 is 1.00 bits per heavy atom. The van der Waals surface area contributed by atoms with E-state index in [0.29, 0.717) is 22.2 Å². The molecule has 0 fully saturated rings. The van der Waals surface area contributed by atoms with E-state index in [4.69, 9.17) is 11.6 Å². The molecule has 3 aromatic carbocycles. The molecule has 0 aliphatic heterocycles. The fourth-order valence-electron chi connectivity index (χ4n) is 4.00. The SMILES string of the molecule is CCN(CC)c1cc2nc(Nc3ccc(Cl)cc3)[nH]c2cc1C(=O)Nc1ccc2[nH]ncc2c1. The molecule has 172 valence electrons. The van der Waals surface area contributed by atoms with Crippen LogP contribution in [0.2, 0.25) is 5.02 Å². The molecule has 0 atom stereocenters. The third kappa shape index (κ3) is 4.27. The number of aromatic amines is 2. The zero-order valence-electron chi connectivity index (χ0n) is 18.8. The van der Waals surface area contributed by atoms with E-state index in [1.807, 2.05) is 54.6 Å². The molecule has 0 radical (unpaired) electrons. The van der Waals surface area contributed by atoms with Crippen LogP contribution in [0.5, 0.6) is 0 Å². The van der Waals surface area contributed by atoms with Crippen molar-refractivity contribution < 1.29 is 4.79 Å². The van der Waals surface area contributed by atoms with Gasteiger partial charge in [0, 0.05) is 34.9 Å². The Bertz CT molecular complexity index is 1470. The van der Waals surface area contributed by atoms with Gasteiger partial charge >= 0.3 is 0 Å². The lowest BCUT2D eigenvalue weighted by Gasteiger charge is -2.23. The van der Waals surface area contributed by atoms with Gasteiger partial charge in [-0.05, 0) is 68.4 Å². The summed E-state index contributed by atoms with van der Waals surface area (Å²) < 4.78 is 0. The molecule has 2 heterocycles. The highest BCUT2D eigenvalue weighted by atomic mass is 35.5. The van der Waals surface area contributed by atoms with Crippen LogP contribution in [0.25, 0.3) is 21.9 Å². The Balaban J connectivity index is 1.50. The minimum atomic E-state index is -0.187. The van der Waals surface area contributed by atoms with Gasteiger partial charge in [0.15, 0.2) is 0 Å². The van der Waals surface area contributed by atoms with Crippen molar-refractivity contribution in [3.05, 3.63) is 71.4 Å². The average molecular weight is 474 g/mol. The number of H-pyrrole nitrogens is 2. The number of carbonyl (C=O) groups is 1. The molecule has 5 rings (SSSR count). The van der Waals surface area contributed by atoms with Crippen LogP contribution in [0.1, 0.15) is 24.2 Å². The van der Waals surface area contributed by atoms with E-state index in [-0.39, 0.29) is 5.91 Å². The molecule has 9 heteroatoms. The van der Waals surface area contributed by atoms with Crippen LogP contribution in [0.4, 0.5) is 23.0 Å². The first-order valence-corrected chi connectivity index (χ1v) is 11.5. The van der Waals surface area contributed by atoms with Crippen LogP contribution >= 0.6 is 11.6 Å². The highest BCUT2D eigenvalue weighted by Crippen LogP contribution is 2.29. The Kier molecular flexibility index (Phi) is 5.81. The second-order valence-corrected chi connectivity index (χ2v) is 8.34. The maximum absolute atomic E-state index is 13.4. The Morgan fingerprint density at radius 3 is 2.53 bits per heavy atom. The summed E-state index contributed by atoms with van der Waals surface area (Å²) in [7, 11) is 0. The Morgan fingerprint density at radius 2 is 1.76 bits per heavy atom. The maximum Gasteiger partial charge on any atom is 0.257 e. The number of anilines is 4. The topological polar surface area (TPSA) is 102 Å². The molecule has 0 unspecified atom stereocenters. The average Bonchev–Trinajstić information content (AvgIpc) is 3.46. The highest BCUT2D eigenvalue weighted by molar-refractivity contribution is 6.30. The summed E-state index contributed by atoms with van der Waals surface area (Å²) in [5.41, 5.74) is 5.44. The molecule has 34 heavy (non-hydrogen) atoms. The first-order valence-electron chi connectivity index (χ1n) is 11.1. The minimum absolute atomic E-state index is 0.187. The molecule has 0 saturated heterocycles. The van der Waals surface area contributed by atoms with E-state index in [1.165, 1.54) is 0 Å². The fourth-order valence-corrected chi connectivity index (χ4v) is 4.13. The van der Waals surface area contributed by atoms with E-state index in [0.717, 1.165) is 46.4 Å². The van der Waals surface area contributed by atoms with Gasteiger partial charge in [-0.15, -0.1) is 0 Å². The van der Waals surface area contributed by atoms with Gasteiger partial charge in [-0.1, -0.05) is 11.6 Å². The van der Waals surface area contributed by atoms with Crippen LogP contribution in [-0.2, 0) is 0 Å². The summed E-state index contributed by atoms with van der Waals surface area (Å²) in [5, 5.41) is 14.8. The van der Waals surface area contributed by atoms with Crippen LogP contribution in [0.15, 0.2) is 60.8 Å². The molecular formula is C25H24ClN7O. The van der Waals surface area contributed by atoms with Crippen molar-refractivity contribution in [2.75, 3.05) is 28.6 Å². The van der Waals surface area contributed by atoms with Crippen molar-refractivity contribution in [1.82, 2.24) is 20.2 Å². The summed E-state index contributed by atoms with van der Waals surface area (Å²) >= 11 is 5.98. The van der Waals surface area contributed by atoms with Gasteiger partial charge in [0.1, 0.15) is 0 Å². The standard InChI is InChI=1S/C25H24ClN7O/c1-3-33(4-2)23-13-22-21(30-25(31-22)29-17-7-5-16(26)6-8-17)12-19(23)24(34)28-18-9-10-20-15(11-18)14-27-32-20/h5-14H,3-4H2,1-2H3,(H,27,32)(H,28,34)(H2,29,30,31). The molecular weight excluding hydrogens is 450 g/mol. The number of fused-ring (bicyclic) bond motifs is 2. The molecule has 0 bridgehead atoms. The van der Waals surface area contributed by atoms with Gasteiger partial charge in [0.25, 0.3) is 5.91 Å². The number of imidazole rings is 1. The number of nitrogens with zero attached hydrogens (tertiary/aromatic N) is 3. The number of hydrogen-bond acceptors (Lipinski definition) is 5. The Hall–Kier alpha value is -4.04. The minimum Gasteiger partial charge on any atom is -0.371 e. The lowest BCUT2D eigenvalue weighted by Crippen LogP contribution is -2.25. The molecule has 2 aromatic heterocycles. The fraction of sp³-hybridized carbons (Fsp3) is 0.160. The van der Waals surface area contributed by atoms with Crippen LogP contribution in [0.3, 0.4) is 0 Å². The summed E-state index contributed by atoms with van der Waals surface area (Å²) in [6.45, 7) is 5.67. The molecule has 0 saturated carbocycles. The monoisotopic (exact) mass is 473 g/mol. The summed E-state index contributed by atoms with van der Waals surface area (Å²) in [6.07, 6.45) is 1.73. The number of nitrogens with one attached hydrogen (secondary N) is 4. The molecule has 8 nitrogen and oxygen atoms in total. The predicted molar refractivity (Wildman–Crippen MR) is 138 cm³/mol. The lowest BCUT2D eigenvalue weighted by atomic mass is 10.1. The zero-order valence-corrected chi connectivity index (χ0v) is 19.6. The predicted octanol–water partition coefficient (Wildman–Crippen LogP) is 5.93. The van der Waals surface area contributed by atoms with E-state index in [1.54, 1.807) is 6.20 Å². The first-order chi connectivity index (χ1) is 16.5. The quantitative estimate of drug-likeness (QED) is 0.234. The third-order valence-electron chi connectivity index (χ3n) is 5.75. The number of amides is 1. The maximum atomic E-state index is 13.4. The molecule has 4 N–H and O–H groups in total. The van der Waals surface area contributed by atoms with E-state index < -0.39 is 0 Å². The van der Waals surface area contributed by atoms with E-state index in [9.17, 15) is 4.79 Å². The van der Waals surface area contributed by atoms with E-state index >= 15 is 0 Å². The molecule has 0 aliphatic rings. The number of halogens is 1. The van der Waals surface area contributed by atoms with Gasteiger partial charge in [0.05, 0.1) is 34.0 Å². The van der Waals surface area contributed by atoms with Crippen LogP contribution < -0.4 is 15.5 Å². The van der Waals surface area contributed by atoms with Gasteiger partial charge in [-0.25, -0.2) is 4.98 Å². The van der Waals surface area contributed by atoms with Crippen molar-refractivity contribution in [1.29, 1.82) is 0 Å².